The lowest BCUT2D eigenvalue weighted by Crippen LogP contribution is -2.51. The first kappa shape index (κ1) is 15.7. The summed E-state index contributed by atoms with van der Waals surface area (Å²) in [6, 6.07) is 2.81. The first-order valence-electron chi connectivity index (χ1n) is 5.95. The molecule has 1 aromatic carbocycles. The summed E-state index contributed by atoms with van der Waals surface area (Å²) in [5.41, 5.74) is -3.83. The molecule has 114 valence electrons. The summed E-state index contributed by atoms with van der Waals surface area (Å²) in [5.74, 6) is 0. The van der Waals surface area contributed by atoms with E-state index < -0.39 is 29.9 Å². The van der Waals surface area contributed by atoms with Gasteiger partial charge in [-0.05, 0) is 18.2 Å². The molecular formula is C13H12ClF3N2O2. The van der Waals surface area contributed by atoms with Crippen LogP contribution in [0.2, 0.25) is 5.02 Å². The summed E-state index contributed by atoms with van der Waals surface area (Å²) in [4.78, 5) is 12.7. The van der Waals surface area contributed by atoms with E-state index in [1.807, 2.05) is 0 Å². The number of carbonyl (C=O) groups is 1. The minimum atomic E-state index is -4.97. The summed E-state index contributed by atoms with van der Waals surface area (Å²) < 4.78 is 40.1. The maximum atomic E-state index is 13.4. The van der Waals surface area contributed by atoms with Crippen molar-refractivity contribution >= 4 is 23.3 Å². The molecular weight excluding hydrogens is 309 g/mol. The molecule has 1 aromatic rings. The molecule has 0 bridgehead atoms. The molecule has 1 aliphatic heterocycles. The van der Waals surface area contributed by atoms with E-state index in [2.05, 4.69) is 11.9 Å². The molecule has 0 aliphatic carbocycles. The van der Waals surface area contributed by atoms with Crippen molar-refractivity contribution in [2.45, 2.75) is 11.8 Å². The van der Waals surface area contributed by atoms with Gasteiger partial charge in [0.15, 0.2) is 0 Å². The van der Waals surface area contributed by atoms with E-state index in [-0.39, 0.29) is 17.3 Å². The number of urea groups is 1. The van der Waals surface area contributed by atoms with E-state index in [0.717, 1.165) is 11.0 Å². The molecule has 21 heavy (non-hydrogen) atoms. The van der Waals surface area contributed by atoms with Crippen LogP contribution in [0.15, 0.2) is 30.9 Å². The number of nitrogens with one attached hydrogen (secondary N) is 1. The summed E-state index contributed by atoms with van der Waals surface area (Å²) >= 11 is 5.72. The fraction of sp³-hybridized carbons (Fsp3) is 0.308. The van der Waals surface area contributed by atoms with Crippen molar-refractivity contribution < 1.29 is 23.1 Å². The predicted octanol–water partition coefficient (Wildman–Crippen LogP) is 3.12. The highest BCUT2D eigenvalue weighted by molar-refractivity contribution is 6.30. The van der Waals surface area contributed by atoms with Crippen LogP contribution >= 0.6 is 11.6 Å². The van der Waals surface area contributed by atoms with Gasteiger partial charge in [0.1, 0.15) is 0 Å². The highest BCUT2D eigenvalue weighted by Crippen LogP contribution is 2.44. The molecule has 0 aromatic heterocycles. The van der Waals surface area contributed by atoms with Crippen molar-refractivity contribution in [3.63, 3.8) is 0 Å². The molecule has 0 saturated heterocycles. The van der Waals surface area contributed by atoms with Gasteiger partial charge in [-0.15, -0.1) is 6.58 Å². The highest BCUT2D eigenvalue weighted by Gasteiger charge is 2.58. The molecule has 1 aliphatic rings. The number of β-amino-alcohol motifs (C(OH)–C–C–N with tert-alkyl or cyclic N) is 1. The van der Waals surface area contributed by atoms with Gasteiger partial charge >= 0.3 is 12.2 Å². The summed E-state index contributed by atoms with van der Waals surface area (Å²) in [7, 11) is 0. The van der Waals surface area contributed by atoms with Crippen LogP contribution in [0.3, 0.4) is 0 Å². The molecule has 8 heteroatoms. The fourth-order valence-electron chi connectivity index (χ4n) is 2.14. The molecule has 0 spiro atoms. The minimum Gasteiger partial charge on any atom is -0.375 e. The first-order valence-corrected chi connectivity index (χ1v) is 6.33. The Morgan fingerprint density at radius 1 is 1.52 bits per heavy atom. The molecule has 0 radical (unpaired) electrons. The Morgan fingerprint density at radius 3 is 2.76 bits per heavy atom. The quantitative estimate of drug-likeness (QED) is 0.823. The number of nitrogens with zero attached hydrogens (tertiary/aromatic N) is 1. The minimum absolute atomic E-state index is 0.0304. The van der Waals surface area contributed by atoms with Gasteiger partial charge in [0.25, 0.3) is 0 Å². The molecule has 2 rings (SSSR count). The summed E-state index contributed by atoms with van der Waals surface area (Å²) in [6.45, 7) is 2.31. The van der Waals surface area contributed by atoms with E-state index in [9.17, 15) is 23.1 Å². The van der Waals surface area contributed by atoms with Crippen molar-refractivity contribution in [1.82, 2.24) is 4.90 Å². The van der Waals surface area contributed by atoms with E-state index in [1.54, 1.807) is 0 Å². The van der Waals surface area contributed by atoms with E-state index in [0.29, 0.717) is 0 Å². The molecule has 2 N–H and O–H groups in total. The molecule has 2 amide bonds. The average Bonchev–Trinajstić information content (AvgIpc) is 2.48. The molecule has 4 nitrogen and oxygen atoms in total. The second kappa shape index (κ2) is 5.23. The monoisotopic (exact) mass is 320 g/mol. The lowest BCUT2D eigenvalue weighted by molar-refractivity contribution is -0.268. The van der Waals surface area contributed by atoms with Gasteiger partial charge in [-0.2, -0.15) is 13.2 Å². The van der Waals surface area contributed by atoms with Gasteiger partial charge in [-0.3, -0.25) is 0 Å². The SMILES string of the molecule is C=CCN1CC(O)(C(F)(F)F)c2cc(Cl)ccc2NC1=O. The van der Waals surface area contributed by atoms with E-state index in [1.165, 1.54) is 18.2 Å². The Hall–Kier alpha value is -1.73. The molecule has 0 saturated carbocycles. The number of halogens is 4. The third kappa shape index (κ3) is 2.71. The van der Waals surface area contributed by atoms with Crippen LogP contribution in [0.1, 0.15) is 5.56 Å². The number of carbonyl (C=O) groups excluding carboxylic acids is 1. The van der Waals surface area contributed by atoms with Crippen LogP contribution in [0.5, 0.6) is 0 Å². The second-order valence-corrected chi connectivity index (χ2v) is 5.08. The number of hydrogen-bond donors (Lipinski definition) is 2. The van der Waals surface area contributed by atoms with Crippen molar-refractivity contribution in [3.8, 4) is 0 Å². The standard InChI is InChI=1S/C13H12ClF3N2O2/c1-2-5-19-7-12(21,13(15,16)17)9-6-8(14)3-4-10(9)18-11(19)20/h2-4,6,21H,1,5,7H2,(H,18,20). The number of amides is 2. The van der Waals surface area contributed by atoms with Crippen LogP contribution in [0.25, 0.3) is 0 Å². The Morgan fingerprint density at radius 2 is 2.19 bits per heavy atom. The lowest BCUT2D eigenvalue weighted by atomic mass is 9.91. The molecule has 0 fully saturated rings. The molecule has 1 atom stereocenters. The molecule has 1 heterocycles. The van der Waals surface area contributed by atoms with Crippen LogP contribution in [-0.2, 0) is 5.60 Å². The smallest absolute Gasteiger partial charge is 0.375 e. The van der Waals surface area contributed by atoms with Crippen LogP contribution in [-0.4, -0.2) is 35.3 Å². The third-order valence-corrected chi connectivity index (χ3v) is 3.43. The van der Waals surface area contributed by atoms with Gasteiger partial charge in [-0.1, -0.05) is 17.7 Å². The lowest BCUT2D eigenvalue weighted by Gasteiger charge is -2.33. The average molecular weight is 321 g/mol. The van der Waals surface area contributed by atoms with Crippen molar-refractivity contribution in [2.24, 2.45) is 0 Å². The van der Waals surface area contributed by atoms with Crippen LogP contribution in [0, 0.1) is 0 Å². The van der Waals surface area contributed by atoms with Gasteiger partial charge in [-0.25, -0.2) is 4.79 Å². The van der Waals surface area contributed by atoms with Crippen LogP contribution in [0.4, 0.5) is 23.7 Å². The van der Waals surface area contributed by atoms with Crippen molar-refractivity contribution in [3.05, 3.63) is 41.4 Å². The fourth-order valence-corrected chi connectivity index (χ4v) is 2.31. The topological polar surface area (TPSA) is 52.6 Å². The van der Waals surface area contributed by atoms with Crippen molar-refractivity contribution in [2.75, 3.05) is 18.4 Å². The van der Waals surface area contributed by atoms with Crippen LogP contribution < -0.4 is 5.32 Å². The summed E-state index contributed by atoms with van der Waals surface area (Å²) in [6.07, 6.45) is -3.70. The normalized spacial score (nSPS) is 22.3. The zero-order chi connectivity index (χ0) is 15.8. The Kier molecular flexibility index (Phi) is 3.90. The zero-order valence-electron chi connectivity index (χ0n) is 10.7. The third-order valence-electron chi connectivity index (χ3n) is 3.19. The number of hydrogen-bond acceptors (Lipinski definition) is 2. The Labute approximate surface area is 123 Å². The number of anilines is 1. The summed E-state index contributed by atoms with van der Waals surface area (Å²) in [5, 5.41) is 12.6. The van der Waals surface area contributed by atoms with Gasteiger partial charge in [0.2, 0.25) is 5.60 Å². The van der Waals surface area contributed by atoms with E-state index in [4.69, 9.17) is 11.6 Å². The Bertz CT molecular complexity index is 591. The number of benzene rings is 1. The van der Waals surface area contributed by atoms with Gasteiger partial charge in [0, 0.05) is 22.8 Å². The first-order chi connectivity index (χ1) is 9.69. The maximum Gasteiger partial charge on any atom is 0.423 e. The number of rotatable bonds is 2. The largest absolute Gasteiger partial charge is 0.423 e. The Balaban J connectivity index is 2.63. The zero-order valence-corrected chi connectivity index (χ0v) is 11.5. The van der Waals surface area contributed by atoms with Gasteiger partial charge < -0.3 is 15.3 Å². The van der Waals surface area contributed by atoms with Crippen molar-refractivity contribution in [1.29, 1.82) is 0 Å². The number of aliphatic hydroxyl groups is 1. The van der Waals surface area contributed by atoms with Gasteiger partial charge in [0.05, 0.1) is 6.54 Å². The number of fused-ring (bicyclic) bond motifs is 1. The van der Waals surface area contributed by atoms with E-state index >= 15 is 0 Å². The maximum absolute atomic E-state index is 13.4. The predicted molar refractivity (Wildman–Crippen MR) is 72.2 cm³/mol. The molecule has 1 unspecified atom stereocenters. The number of alkyl halides is 3. The highest BCUT2D eigenvalue weighted by atomic mass is 35.5. The second-order valence-electron chi connectivity index (χ2n) is 4.65.